The number of nitrogens with one attached hydrogen (secondary N) is 1. The van der Waals surface area contributed by atoms with Gasteiger partial charge in [0.25, 0.3) is 0 Å². The first-order chi connectivity index (χ1) is 14.7. The molecule has 1 saturated heterocycles. The second-order valence-corrected chi connectivity index (χ2v) is 8.28. The summed E-state index contributed by atoms with van der Waals surface area (Å²) in [5.74, 6) is -0.910. The van der Waals surface area contributed by atoms with E-state index in [-0.39, 0.29) is 6.04 Å². The predicted octanol–water partition coefficient (Wildman–Crippen LogP) is 3.48. The molecule has 1 atom stereocenters. The van der Waals surface area contributed by atoms with Gasteiger partial charge in [0, 0.05) is 31.9 Å². The molecular weight excluding hydrogens is 374 g/mol. The Morgan fingerprint density at radius 2 is 1.63 bits per heavy atom. The summed E-state index contributed by atoms with van der Waals surface area (Å²) in [6, 6.07) is 16.6. The molecule has 5 nitrogen and oxygen atoms in total. The molecule has 1 aliphatic carbocycles. The fraction of sp³-hybridized carbons (Fsp3) is 0.440. The Hall–Kier alpha value is -2.82. The Morgan fingerprint density at radius 3 is 2.33 bits per heavy atom. The minimum Gasteiger partial charge on any atom is -0.368 e. The van der Waals surface area contributed by atoms with Crippen molar-refractivity contribution in [2.75, 3.05) is 31.1 Å². The van der Waals surface area contributed by atoms with E-state index in [2.05, 4.69) is 40.5 Å². The first-order valence-electron chi connectivity index (χ1n) is 11.2. The van der Waals surface area contributed by atoms with Crippen LogP contribution in [-0.2, 0) is 22.4 Å². The van der Waals surface area contributed by atoms with E-state index < -0.39 is 11.8 Å². The van der Waals surface area contributed by atoms with Crippen LogP contribution in [0.5, 0.6) is 0 Å². The fourth-order valence-corrected chi connectivity index (χ4v) is 4.56. The lowest BCUT2D eigenvalue weighted by Gasteiger charge is -2.36. The van der Waals surface area contributed by atoms with Crippen molar-refractivity contribution in [2.45, 2.75) is 45.1 Å². The Labute approximate surface area is 179 Å². The van der Waals surface area contributed by atoms with Crippen LogP contribution in [0.3, 0.4) is 0 Å². The third-order valence-electron chi connectivity index (χ3n) is 6.37. The van der Waals surface area contributed by atoms with E-state index in [0.29, 0.717) is 13.1 Å². The van der Waals surface area contributed by atoms with Crippen LogP contribution in [-0.4, -0.2) is 42.9 Å². The average Bonchev–Trinajstić information content (AvgIpc) is 2.82. The molecule has 30 heavy (non-hydrogen) atoms. The zero-order valence-corrected chi connectivity index (χ0v) is 17.8. The monoisotopic (exact) mass is 405 g/mol. The van der Waals surface area contributed by atoms with Crippen LogP contribution in [0.1, 0.15) is 48.9 Å². The number of anilines is 1. The molecule has 158 valence electrons. The quantitative estimate of drug-likeness (QED) is 0.793. The maximum Gasteiger partial charge on any atom is 0.312 e. The van der Waals surface area contributed by atoms with Crippen LogP contribution < -0.4 is 10.2 Å². The van der Waals surface area contributed by atoms with Gasteiger partial charge in [-0.1, -0.05) is 43.3 Å². The minimum atomic E-state index is -0.493. The Morgan fingerprint density at radius 1 is 0.933 bits per heavy atom. The van der Waals surface area contributed by atoms with Gasteiger partial charge in [-0.05, 0) is 60.9 Å². The van der Waals surface area contributed by atoms with Crippen molar-refractivity contribution in [3.05, 3.63) is 65.2 Å². The first-order valence-corrected chi connectivity index (χ1v) is 11.2. The van der Waals surface area contributed by atoms with Crippen molar-refractivity contribution < 1.29 is 9.59 Å². The summed E-state index contributed by atoms with van der Waals surface area (Å²) in [4.78, 5) is 29.4. The van der Waals surface area contributed by atoms with E-state index in [1.54, 1.807) is 4.90 Å². The zero-order valence-electron chi connectivity index (χ0n) is 17.8. The standard InChI is InChI=1S/C25H31N3O2/c1-2-23(21-13-12-19-8-6-7-9-20(19)18-21)26-24(29)25(30)28-16-14-27(15-17-28)22-10-4-3-5-11-22/h3-5,10-13,18,23H,2,6-9,14-17H2,1H3,(H,26,29). The van der Waals surface area contributed by atoms with Crippen LogP contribution in [0.4, 0.5) is 5.69 Å². The number of piperazine rings is 1. The predicted molar refractivity (Wildman–Crippen MR) is 119 cm³/mol. The molecule has 1 fully saturated rings. The summed E-state index contributed by atoms with van der Waals surface area (Å²) < 4.78 is 0. The maximum atomic E-state index is 12.8. The van der Waals surface area contributed by atoms with E-state index in [1.165, 1.54) is 24.0 Å². The van der Waals surface area contributed by atoms with Gasteiger partial charge in [0.05, 0.1) is 6.04 Å². The van der Waals surface area contributed by atoms with Gasteiger partial charge in [-0.3, -0.25) is 9.59 Å². The van der Waals surface area contributed by atoms with Gasteiger partial charge in [0.2, 0.25) is 0 Å². The molecule has 2 amide bonds. The molecule has 2 aliphatic rings. The summed E-state index contributed by atoms with van der Waals surface area (Å²) in [7, 11) is 0. The number of rotatable bonds is 4. The lowest BCUT2D eigenvalue weighted by atomic mass is 9.89. The van der Waals surface area contributed by atoms with Crippen LogP contribution in [0.15, 0.2) is 48.5 Å². The highest BCUT2D eigenvalue weighted by Crippen LogP contribution is 2.26. The molecular formula is C25H31N3O2. The normalized spacial score (nSPS) is 17.2. The number of fused-ring (bicyclic) bond motifs is 1. The van der Waals surface area contributed by atoms with Crippen LogP contribution >= 0.6 is 0 Å². The van der Waals surface area contributed by atoms with Gasteiger partial charge in [0.1, 0.15) is 0 Å². The topological polar surface area (TPSA) is 52.7 Å². The van der Waals surface area contributed by atoms with Crippen molar-refractivity contribution in [2.24, 2.45) is 0 Å². The van der Waals surface area contributed by atoms with Crippen molar-refractivity contribution in [1.29, 1.82) is 0 Å². The largest absolute Gasteiger partial charge is 0.368 e. The molecule has 4 rings (SSSR count). The number of carbonyl (C=O) groups excluding carboxylic acids is 2. The molecule has 1 heterocycles. The second-order valence-electron chi connectivity index (χ2n) is 8.28. The molecule has 2 aromatic carbocycles. The van der Waals surface area contributed by atoms with Gasteiger partial charge < -0.3 is 15.1 Å². The SMILES string of the molecule is CCC(NC(=O)C(=O)N1CCN(c2ccccc2)CC1)c1ccc2c(c1)CCCC2. The Balaban J connectivity index is 1.35. The van der Waals surface area contributed by atoms with Gasteiger partial charge in [0.15, 0.2) is 0 Å². The number of hydrogen-bond acceptors (Lipinski definition) is 3. The molecule has 0 aromatic heterocycles. The number of benzene rings is 2. The van der Waals surface area contributed by atoms with Crippen LogP contribution in [0, 0.1) is 0 Å². The van der Waals surface area contributed by atoms with Crippen molar-refractivity contribution in [3.8, 4) is 0 Å². The van der Waals surface area contributed by atoms with Crippen molar-refractivity contribution in [1.82, 2.24) is 10.2 Å². The molecule has 1 unspecified atom stereocenters. The molecule has 5 heteroatoms. The second kappa shape index (κ2) is 9.33. The van der Waals surface area contributed by atoms with E-state index in [0.717, 1.165) is 43.6 Å². The average molecular weight is 406 g/mol. The van der Waals surface area contributed by atoms with Crippen molar-refractivity contribution >= 4 is 17.5 Å². The molecule has 0 radical (unpaired) electrons. The number of para-hydroxylation sites is 1. The molecule has 0 saturated carbocycles. The van der Waals surface area contributed by atoms with Crippen LogP contribution in [0.2, 0.25) is 0 Å². The third kappa shape index (κ3) is 4.50. The van der Waals surface area contributed by atoms with Gasteiger partial charge >= 0.3 is 11.8 Å². The molecule has 1 N–H and O–H groups in total. The molecule has 2 aromatic rings. The fourth-order valence-electron chi connectivity index (χ4n) is 4.56. The summed E-state index contributed by atoms with van der Waals surface area (Å²) >= 11 is 0. The summed E-state index contributed by atoms with van der Waals surface area (Å²) in [5.41, 5.74) is 5.09. The van der Waals surface area contributed by atoms with Gasteiger partial charge in [-0.25, -0.2) is 0 Å². The third-order valence-corrected chi connectivity index (χ3v) is 6.37. The highest BCUT2D eigenvalue weighted by Gasteiger charge is 2.28. The maximum absolute atomic E-state index is 12.8. The summed E-state index contributed by atoms with van der Waals surface area (Å²) in [6.07, 6.45) is 5.50. The minimum absolute atomic E-state index is 0.126. The molecule has 0 bridgehead atoms. The van der Waals surface area contributed by atoms with Crippen molar-refractivity contribution in [3.63, 3.8) is 0 Å². The summed E-state index contributed by atoms with van der Waals surface area (Å²) in [6.45, 7) is 4.66. The highest BCUT2D eigenvalue weighted by molar-refractivity contribution is 6.35. The Kier molecular flexibility index (Phi) is 6.36. The van der Waals surface area contributed by atoms with Gasteiger partial charge in [-0.15, -0.1) is 0 Å². The van der Waals surface area contributed by atoms with Crippen LogP contribution in [0.25, 0.3) is 0 Å². The molecule has 0 spiro atoms. The lowest BCUT2D eigenvalue weighted by Crippen LogP contribution is -2.53. The number of carbonyl (C=O) groups is 2. The van der Waals surface area contributed by atoms with E-state index in [4.69, 9.17) is 0 Å². The Bertz CT molecular complexity index is 889. The van der Waals surface area contributed by atoms with E-state index in [1.807, 2.05) is 25.1 Å². The summed E-state index contributed by atoms with van der Waals surface area (Å²) in [5, 5.41) is 2.99. The number of aryl methyl sites for hydroxylation is 2. The van der Waals surface area contributed by atoms with E-state index >= 15 is 0 Å². The van der Waals surface area contributed by atoms with Gasteiger partial charge in [-0.2, -0.15) is 0 Å². The lowest BCUT2D eigenvalue weighted by molar-refractivity contribution is -0.146. The highest BCUT2D eigenvalue weighted by atomic mass is 16.2. The number of amides is 2. The smallest absolute Gasteiger partial charge is 0.312 e. The first kappa shape index (κ1) is 20.5. The number of hydrogen-bond donors (Lipinski definition) is 1. The van der Waals surface area contributed by atoms with E-state index in [9.17, 15) is 9.59 Å². The molecule has 1 aliphatic heterocycles. The number of nitrogens with zero attached hydrogens (tertiary/aromatic N) is 2. The zero-order chi connectivity index (χ0) is 20.9.